The van der Waals surface area contributed by atoms with Gasteiger partial charge in [0.15, 0.2) is 0 Å². The molecule has 1 fully saturated rings. The molecule has 4 rings (SSSR count). The zero-order valence-electron chi connectivity index (χ0n) is 16.0. The smallest absolute Gasteiger partial charge is 0.253 e. The number of hydrogen-bond acceptors (Lipinski definition) is 6. The Morgan fingerprint density at radius 2 is 1.86 bits per heavy atom. The SMILES string of the molecule is Cc1ccc(-n2nccn2)c(C(=O)N[C@@H]2CCC[C@@H]2Nc2cnc(C)cn2)c1. The van der Waals surface area contributed by atoms with Crippen LogP contribution in [0, 0.1) is 13.8 Å². The molecule has 2 N–H and O–H groups in total. The number of benzene rings is 1. The van der Waals surface area contributed by atoms with E-state index in [9.17, 15) is 4.79 Å². The lowest BCUT2D eigenvalue weighted by molar-refractivity contribution is 0.0935. The van der Waals surface area contributed by atoms with Crippen LogP contribution in [0.5, 0.6) is 0 Å². The standard InChI is InChI=1S/C20H23N7O/c1-13-6-7-18(27-23-8-9-24-27)15(10-13)20(28)26-17-5-3-4-16(17)25-19-12-21-14(2)11-22-19/h6-12,16-17H,3-5H2,1-2H3,(H,22,25)(H,26,28)/t16-,17+/m0/s1. The van der Waals surface area contributed by atoms with E-state index in [4.69, 9.17) is 0 Å². The van der Waals surface area contributed by atoms with Gasteiger partial charge in [-0.25, -0.2) is 4.98 Å². The fraction of sp³-hybridized carbons (Fsp3) is 0.350. The van der Waals surface area contributed by atoms with Gasteiger partial charge in [-0.1, -0.05) is 11.6 Å². The average molecular weight is 377 g/mol. The maximum atomic E-state index is 13.1. The topological polar surface area (TPSA) is 97.6 Å². The van der Waals surface area contributed by atoms with Crippen molar-refractivity contribution in [2.75, 3.05) is 5.32 Å². The summed E-state index contributed by atoms with van der Waals surface area (Å²) in [5.74, 6) is 0.610. The third-order valence-electron chi connectivity index (χ3n) is 4.98. The molecule has 0 radical (unpaired) electrons. The van der Waals surface area contributed by atoms with Gasteiger partial charge in [-0.2, -0.15) is 15.0 Å². The molecule has 144 valence electrons. The Labute approximate surface area is 163 Å². The molecular weight excluding hydrogens is 354 g/mol. The lowest BCUT2D eigenvalue weighted by Gasteiger charge is -2.23. The number of amides is 1. The number of aryl methyl sites for hydroxylation is 2. The Kier molecular flexibility index (Phi) is 5.01. The predicted molar refractivity (Wildman–Crippen MR) is 105 cm³/mol. The zero-order valence-corrected chi connectivity index (χ0v) is 16.0. The van der Waals surface area contributed by atoms with Crippen LogP contribution < -0.4 is 10.6 Å². The highest BCUT2D eigenvalue weighted by molar-refractivity contribution is 5.98. The van der Waals surface area contributed by atoms with Crippen LogP contribution in [0.25, 0.3) is 5.69 Å². The number of rotatable bonds is 5. The molecule has 1 aliphatic carbocycles. The Morgan fingerprint density at radius 1 is 1.07 bits per heavy atom. The molecule has 8 nitrogen and oxygen atoms in total. The first kappa shape index (κ1) is 18.1. The van der Waals surface area contributed by atoms with Crippen LogP contribution in [0.1, 0.15) is 40.9 Å². The Hall–Kier alpha value is -3.29. The van der Waals surface area contributed by atoms with Gasteiger partial charge in [0.1, 0.15) is 5.82 Å². The first-order valence-electron chi connectivity index (χ1n) is 9.43. The average Bonchev–Trinajstić information content (AvgIpc) is 3.36. The summed E-state index contributed by atoms with van der Waals surface area (Å²) in [5.41, 5.74) is 3.12. The van der Waals surface area contributed by atoms with Crippen molar-refractivity contribution < 1.29 is 4.79 Å². The molecule has 2 aromatic heterocycles. The number of carbonyl (C=O) groups is 1. The summed E-state index contributed by atoms with van der Waals surface area (Å²) in [6.07, 6.45) is 9.60. The second-order valence-electron chi connectivity index (χ2n) is 7.14. The zero-order chi connectivity index (χ0) is 19.5. The highest BCUT2D eigenvalue weighted by Crippen LogP contribution is 2.23. The molecule has 0 bridgehead atoms. The van der Waals surface area contributed by atoms with Crippen molar-refractivity contribution in [1.29, 1.82) is 0 Å². The van der Waals surface area contributed by atoms with Crippen LogP contribution in [0.15, 0.2) is 43.0 Å². The highest BCUT2D eigenvalue weighted by atomic mass is 16.1. The van der Waals surface area contributed by atoms with Crippen molar-refractivity contribution >= 4 is 11.7 Å². The first-order chi connectivity index (χ1) is 13.6. The van der Waals surface area contributed by atoms with Crippen molar-refractivity contribution in [3.8, 4) is 5.69 Å². The molecule has 2 heterocycles. The van der Waals surface area contributed by atoms with E-state index >= 15 is 0 Å². The summed E-state index contributed by atoms with van der Waals surface area (Å²) in [5, 5.41) is 14.9. The van der Waals surface area contributed by atoms with Crippen molar-refractivity contribution in [2.45, 2.75) is 45.2 Å². The third kappa shape index (κ3) is 3.85. The summed E-state index contributed by atoms with van der Waals surface area (Å²) < 4.78 is 0. The minimum Gasteiger partial charge on any atom is -0.364 e. The molecule has 0 aliphatic heterocycles. The van der Waals surface area contributed by atoms with E-state index in [1.54, 1.807) is 24.8 Å². The number of hydrogen-bond donors (Lipinski definition) is 2. The lowest BCUT2D eigenvalue weighted by Crippen LogP contribution is -2.43. The molecule has 28 heavy (non-hydrogen) atoms. The van der Waals surface area contributed by atoms with Gasteiger partial charge < -0.3 is 10.6 Å². The molecule has 0 spiro atoms. The lowest BCUT2D eigenvalue weighted by atomic mass is 10.1. The van der Waals surface area contributed by atoms with E-state index in [0.29, 0.717) is 11.3 Å². The quantitative estimate of drug-likeness (QED) is 0.709. The number of anilines is 1. The van der Waals surface area contributed by atoms with Gasteiger partial charge in [0, 0.05) is 12.1 Å². The summed E-state index contributed by atoms with van der Waals surface area (Å²) in [4.78, 5) is 23.2. The third-order valence-corrected chi connectivity index (χ3v) is 4.98. The van der Waals surface area contributed by atoms with Gasteiger partial charge in [0.2, 0.25) is 0 Å². The van der Waals surface area contributed by atoms with Crippen molar-refractivity contribution in [3.05, 3.63) is 59.8 Å². The minimum absolute atomic E-state index is 0.0227. The predicted octanol–water partition coefficient (Wildman–Crippen LogP) is 2.44. The van der Waals surface area contributed by atoms with Crippen molar-refractivity contribution in [3.63, 3.8) is 0 Å². The van der Waals surface area contributed by atoms with E-state index in [0.717, 1.165) is 36.3 Å². The van der Waals surface area contributed by atoms with Crippen LogP contribution in [0.4, 0.5) is 5.82 Å². The van der Waals surface area contributed by atoms with E-state index in [-0.39, 0.29) is 18.0 Å². The Bertz CT molecular complexity index is 953. The second kappa shape index (κ2) is 7.75. The molecule has 2 atom stereocenters. The van der Waals surface area contributed by atoms with Crippen LogP contribution in [-0.2, 0) is 0 Å². The van der Waals surface area contributed by atoms with E-state index in [2.05, 4.69) is 30.8 Å². The van der Waals surface area contributed by atoms with Crippen LogP contribution in [0.3, 0.4) is 0 Å². The monoisotopic (exact) mass is 377 g/mol. The molecule has 0 unspecified atom stereocenters. The molecule has 8 heteroatoms. The van der Waals surface area contributed by atoms with Crippen molar-refractivity contribution in [1.82, 2.24) is 30.3 Å². The van der Waals surface area contributed by atoms with Gasteiger partial charge in [0.05, 0.1) is 41.7 Å². The molecule has 1 aliphatic rings. The highest BCUT2D eigenvalue weighted by Gasteiger charge is 2.30. The minimum atomic E-state index is -0.121. The molecule has 1 amide bonds. The van der Waals surface area contributed by atoms with E-state index in [1.807, 2.05) is 32.0 Å². The maximum absolute atomic E-state index is 13.1. The van der Waals surface area contributed by atoms with Crippen LogP contribution in [0.2, 0.25) is 0 Å². The van der Waals surface area contributed by atoms with Gasteiger partial charge in [-0.05, 0) is 45.2 Å². The summed E-state index contributed by atoms with van der Waals surface area (Å²) in [7, 11) is 0. The molecular formula is C20H23N7O. The summed E-state index contributed by atoms with van der Waals surface area (Å²) in [6, 6.07) is 5.84. The molecule has 0 saturated heterocycles. The number of aromatic nitrogens is 5. The number of nitrogens with zero attached hydrogens (tertiary/aromatic N) is 5. The summed E-state index contributed by atoms with van der Waals surface area (Å²) >= 11 is 0. The van der Waals surface area contributed by atoms with Crippen LogP contribution >= 0.6 is 0 Å². The van der Waals surface area contributed by atoms with Gasteiger partial charge in [-0.3, -0.25) is 9.78 Å². The van der Waals surface area contributed by atoms with Crippen molar-refractivity contribution in [2.24, 2.45) is 0 Å². The van der Waals surface area contributed by atoms with Gasteiger partial charge in [-0.15, -0.1) is 0 Å². The molecule has 1 saturated carbocycles. The van der Waals surface area contributed by atoms with Gasteiger partial charge >= 0.3 is 0 Å². The fourth-order valence-electron chi connectivity index (χ4n) is 3.56. The van der Waals surface area contributed by atoms with Gasteiger partial charge in [0.25, 0.3) is 5.91 Å². The maximum Gasteiger partial charge on any atom is 0.253 e. The van der Waals surface area contributed by atoms with E-state index in [1.165, 1.54) is 4.80 Å². The molecule has 1 aromatic carbocycles. The second-order valence-corrected chi connectivity index (χ2v) is 7.14. The summed E-state index contributed by atoms with van der Waals surface area (Å²) in [6.45, 7) is 3.87. The van der Waals surface area contributed by atoms with Crippen LogP contribution in [-0.4, -0.2) is 43.0 Å². The first-order valence-corrected chi connectivity index (χ1v) is 9.43. The fourth-order valence-corrected chi connectivity index (χ4v) is 3.56. The number of carbonyl (C=O) groups excluding carboxylic acids is 1. The van der Waals surface area contributed by atoms with E-state index < -0.39 is 0 Å². The normalized spacial score (nSPS) is 18.8. The Morgan fingerprint density at radius 3 is 2.61 bits per heavy atom. The largest absolute Gasteiger partial charge is 0.364 e. The number of nitrogens with one attached hydrogen (secondary N) is 2. The Balaban J connectivity index is 1.51. The molecule has 3 aromatic rings.